The van der Waals surface area contributed by atoms with Crippen molar-refractivity contribution in [1.82, 2.24) is 0 Å². The van der Waals surface area contributed by atoms with Crippen LogP contribution in [0.25, 0.3) is 0 Å². The Hall–Kier alpha value is -1.02. The van der Waals surface area contributed by atoms with Crippen LogP contribution in [0.5, 0.6) is 0 Å². The zero-order chi connectivity index (χ0) is 10.6. The van der Waals surface area contributed by atoms with Crippen LogP contribution in [0.2, 0.25) is 0 Å². The molecule has 78 valence electrons. The van der Waals surface area contributed by atoms with Gasteiger partial charge in [0.25, 0.3) is 0 Å². The van der Waals surface area contributed by atoms with Gasteiger partial charge >= 0.3 is 0 Å². The fraction of sp³-hybridized carbons (Fsp3) is 0.500. The van der Waals surface area contributed by atoms with Gasteiger partial charge in [0.2, 0.25) is 0 Å². The van der Waals surface area contributed by atoms with E-state index in [2.05, 4.69) is 36.9 Å². The second-order valence-corrected chi connectivity index (χ2v) is 3.58. The summed E-state index contributed by atoms with van der Waals surface area (Å²) in [5.74, 6) is 0. The van der Waals surface area contributed by atoms with E-state index < -0.39 is 0 Å². The van der Waals surface area contributed by atoms with E-state index in [1.165, 1.54) is 16.8 Å². The van der Waals surface area contributed by atoms with Gasteiger partial charge in [-0.1, -0.05) is 25.1 Å². The van der Waals surface area contributed by atoms with Gasteiger partial charge in [0, 0.05) is 19.3 Å². The number of likely N-dealkylation sites (N-methyl/N-ethyl adjacent to an activating group) is 1. The van der Waals surface area contributed by atoms with E-state index in [9.17, 15) is 0 Å². The van der Waals surface area contributed by atoms with Gasteiger partial charge in [0.15, 0.2) is 0 Å². The first-order chi connectivity index (χ1) is 6.70. The van der Waals surface area contributed by atoms with Gasteiger partial charge in [-0.15, -0.1) is 0 Å². The van der Waals surface area contributed by atoms with Gasteiger partial charge in [-0.05, 0) is 24.5 Å². The Labute approximate surface area is 86.2 Å². The van der Waals surface area contributed by atoms with Crippen molar-refractivity contribution in [2.75, 3.05) is 25.1 Å². The van der Waals surface area contributed by atoms with Crippen molar-refractivity contribution in [3.05, 3.63) is 29.3 Å². The Bertz CT molecular complexity index is 296. The van der Waals surface area contributed by atoms with Crippen molar-refractivity contribution in [1.29, 1.82) is 0 Å². The second kappa shape index (κ2) is 5.01. The van der Waals surface area contributed by atoms with Crippen LogP contribution in [0.4, 0.5) is 5.69 Å². The summed E-state index contributed by atoms with van der Waals surface area (Å²) in [4.78, 5) is 2.12. The number of aliphatic hydroxyl groups excluding tert-OH is 1. The van der Waals surface area contributed by atoms with Gasteiger partial charge in [-0.3, -0.25) is 0 Å². The smallest absolute Gasteiger partial charge is 0.0606 e. The van der Waals surface area contributed by atoms with Gasteiger partial charge in [-0.2, -0.15) is 0 Å². The molecule has 0 saturated heterocycles. The second-order valence-electron chi connectivity index (χ2n) is 3.58. The first-order valence-electron chi connectivity index (χ1n) is 5.11. The van der Waals surface area contributed by atoms with Gasteiger partial charge in [0.05, 0.1) is 6.61 Å². The summed E-state index contributed by atoms with van der Waals surface area (Å²) in [5, 5.41) is 8.91. The molecule has 0 heterocycles. The van der Waals surface area contributed by atoms with Crippen molar-refractivity contribution in [3.8, 4) is 0 Å². The predicted octanol–water partition coefficient (Wildman–Crippen LogP) is 1.99. The summed E-state index contributed by atoms with van der Waals surface area (Å²) in [6.07, 6.45) is 1.03. The molecule has 0 spiro atoms. The van der Waals surface area contributed by atoms with Crippen LogP contribution in [-0.4, -0.2) is 25.3 Å². The zero-order valence-electron chi connectivity index (χ0n) is 9.25. The number of hydrogen-bond acceptors (Lipinski definition) is 2. The minimum Gasteiger partial charge on any atom is -0.395 e. The third-order valence-corrected chi connectivity index (χ3v) is 2.52. The molecular formula is C12H19NO. The Morgan fingerprint density at radius 2 is 2.07 bits per heavy atom. The SMILES string of the molecule is CCc1cccc(C)c1N(C)CCO. The van der Waals surface area contributed by atoms with Crippen LogP contribution in [0.3, 0.4) is 0 Å². The fourth-order valence-corrected chi connectivity index (χ4v) is 1.81. The summed E-state index contributed by atoms with van der Waals surface area (Å²) in [5.41, 5.74) is 3.89. The standard InChI is InChI=1S/C12H19NO/c1-4-11-7-5-6-10(2)12(11)13(3)8-9-14/h5-7,14H,4,8-9H2,1-3H3. The maximum absolute atomic E-state index is 8.91. The molecule has 0 aliphatic rings. The van der Waals surface area contributed by atoms with Gasteiger partial charge < -0.3 is 10.0 Å². The number of para-hydroxylation sites is 1. The molecule has 14 heavy (non-hydrogen) atoms. The van der Waals surface area contributed by atoms with E-state index in [-0.39, 0.29) is 6.61 Å². The number of aryl methyl sites for hydroxylation is 2. The number of nitrogens with zero attached hydrogens (tertiary/aromatic N) is 1. The lowest BCUT2D eigenvalue weighted by molar-refractivity contribution is 0.304. The lowest BCUT2D eigenvalue weighted by atomic mass is 10.1. The van der Waals surface area contributed by atoms with Crippen molar-refractivity contribution in [2.45, 2.75) is 20.3 Å². The molecule has 0 aliphatic carbocycles. The Morgan fingerprint density at radius 3 is 2.64 bits per heavy atom. The van der Waals surface area contributed by atoms with E-state index in [0.29, 0.717) is 6.54 Å². The van der Waals surface area contributed by atoms with Crippen molar-refractivity contribution in [2.24, 2.45) is 0 Å². The van der Waals surface area contributed by atoms with E-state index >= 15 is 0 Å². The van der Waals surface area contributed by atoms with Crippen LogP contribution in [-0.2, 0) is 6.42 Å². The van der Waals surface area contributed by atoms with Crippen LogP contribution < -0.4 is 4.90 Å². The van der Waals surface area contributed by atoms with Gasteiger partial charge in [-0.25, -0.2) is 0 Å². The Morgan fingerprint density at radius 1 is 1.36 bits per heavy atom. The van der Waals surface area contributed by atoms with E-state index in [0.717, 1.165) is 6.42 Å². The average molecular weight is 193 g/mol. The van der Waals surface area contributed by atoms with Crippen molar-refractivity contribution < 1.29 is 5.11 Å². The summed E-state index contributed by atoms with van der Waals surface area (Å²) in [6.45, 7) is 5.17. The number of benzene rings is 1. The summed E-state index contributed by atoms with van der Waals surface area (Å²) in [6, 6.07) is 6.35. The molecule has 0 amide bonds. The minimum absolute atomic E-state index is 0.202. The van der Waals surface area contributed by atoms with E-state index in [1.54, 1.807) is 0 Å². The molecule has 1 aromatic carbocycles. The predicted molar refractivity (Wildman–Crippen MR) is 60.9 cm³/mol. The molecule has 0 aliphatic heterocycles. The van der Waals surface area contributed by atoms with E-state index in [4.69, 9.17) is 5.11 Å². The molecule has 0 atom stereocenters. The maximum Gasteiger partial charge on any atom is 0.0606 e. The largest absolute Gasteiger partial charge is 0.395 e. The average Bonchev–Trinajstić information content (AvgIpc) is 2.17. The zero-order valence-corrected chi connectivity index (χ0v) is 9.25. The molecule has 2 nitrogen and oxygen atoms in total. The van der Waals surface area contributed by atoms with Crippen LogP contribution in [0.1, 0.15) is 18.1 Å². The third kappa shape index (κ3) is 2.26. The Kier molecular flexibility index (Phi) is 3.96. The van der Waals surface area contributed by atoms with Gasteiger partial charge in [0.1, 0.15) is 0 Å². The molecule has 1 N–H and O–H groups in total. The van der Waals surface area contributed by atoms with Crippen LogP contribution in [0.15, 0.2) is 18.2 Å². The van der Waals surface area contributed by atoms with E-state index in [1.807, 2.05) is 7.05 Å². The topological polar surface area (TPSA) is 23.5 Å². The molecule has 0 saturated carbocycles. The number of rotatable bonds is 4. The molecule has 1 rings (SSSR count). The number of anilines is 1. The normalized spacial score (nSPS) is 10.3. The molecule has 0 unspecified atom stereocenters. The fourth-order valence-electron chi connectivity index (χ4n) is 1.81. The maximum atomic E-state index is 8.91. The minimum atomic E-state index is 0.202. The summed E-state index contributed by atoms with van der Waals surface area (Å²) < 4.78 is 0. The highest BCUT2D eigenvalue weighted by Crippen LogP contribution is 2.24. The molecule has 0 bridgehead atoms. The third-order valence-electron chi connectivity index (χ3n) is 2.52. The first kappa shape index (κ1) is 11.1. The molecule has 0 fully saturated rings. The number of hydrogen-bond donors (Lipinski definition) is 1. The summed E-state index contributed by atoms with van der Waals surface area (Å²) >= 11 is 0. The highest BCUT2D eigenvalue weighted by molar-refractivity contribution is 5.58. The highest BCUT2D eigenvalue weighted by Gasteiger charge is 2.07. The van der Waals surface area contributed by atoms with Crippen molar-refractivity contribution in [3.63, 3.8) is 0 Å². The molecule has 0 aromatic heterocycles. The quantitative estimate of drug-likeness (QED) is 0.790. The molecule has 0 radical (unpaired) electrons. The molecule has 2 heteroatoms. The van der Waals surface area contributed by atoms with Crippen LogP contribution in [0, 0.1) is 6.92 Å². The molecule has 1 aromatic rings. The number of aliphatic hydroxyl groups is 1. The highest BCUT2D eigenvalue weighted by atomic mass is 16.3. The lowest BCUT2D eigenvalue weighted by Crippen LogP contribution is -2.23. The van der Waals surface area contributed by atoms with Crippen LogP contribution >= 0.6 is 0 Å². The van der Waals surface area contributed by atoms with Crippen molar-refractivity contribution >= 4 is 5.69 Å². The Balaban J connectivity index is 3.03. The first-order valence-corrected chi connectivity index (χ1v) is 5.11. The monoisotopic (exact) mass is 193 g/mol. The lowest BCUT2D eigenvalue weighted by Gasteiger charge is -2.23. The molecular weight excluding hydrogens is 174 g/mol. The summed E-state index contributed by atoms with van der Waals surface area (Å²) in [7, 11) is 2.03.